The lowest BCUT2D eigenvalue weighted by Crippen LogP contribution is -2.15. The maximum Gasteiger partial charge on any atom is 0.416 e. The average molecular weight is 354 g/mol. The number of hydrogen-bond donors (Lipinski definition) is 2. The van der Waals surface area contributed by atoms with Gasteiger partial charge in [-0.2, -0.15) is 13.2 Å². The molecular weight excluding hydrogens is 337 g/mol. The molecule has 5 nitrogen and oxygen atoms in total. The predicted molar refractivity (Wildman–Crippen MR) is 85.6 cm³/mol. The number of hydrogen-bond acceptors (Lipinski definition) is 3. The molecule has 1 amide bonds. The minimum absolute atomic E-state index is 0.00385. The van der Waals surface area contributed by atoms with Gasteiger partial charge in [-0.1, -0.05) is 6.07 Å². The van der Waals surface area contributed by atoms with Crippen LogP contribution in [0.2, 0.25) is 0 Å². The number of nitrogens with one attached hydrogen (secondary N) is 2. The van der Waals surface area contributed by atoms with E-state index < -0.39 is 23.6 Å². The van der Waals surface area contributed by atoms with Gasteiger partial charge in [0.2, 0.25) is 0 Å². The van der Waals surface area contributed by atoms with Crippen LogP contribution in [0.1, 0.15) is 44.6 Å². The summed E-state index contributed by atoms with van der Waals surface area (Å²) in [5.41, 5.74) is 0.306. The molecule has 25 heavy (non-hydrogen) atoms. The highest BCUT2D eigenvalue weighted by Crippen LogP contribution is 2.31. The van der Waals surface area contributed by atoms with Crippen LogP contribution in [0.4, 0.5) is 18.9 Å². The van der Waals surface area contributed by atoms with Crippen LogP contribution in [0.5, 0.6) is 0 Å². The topological polar surface area (TPSA) is 71.2 Å². The Labute approximate surface area is 142 Å². The van der Waals surface area contributed by atoms with Crippen molar-refractivity contribution in [2.45, 2.75) is 26.9 Å². The van der Waals surface area contributed by atoms with Gasteiger partial charge in [0.05, 0.1) is 17.7 Å². The van der Waals surface area contributed by atoms with Gasteiger partial charge < -0.3 is 15.0 Å². The zero-order valence-electron chi connectivity index (χ0n) is 13.9. The number of H-pyrrole nitrogens is 1. The fourth-order valence-electron chi connectivity index (χ4n) is 2.45. The van der Waals surface area contributed by atoms with Crippen molar-refractivity contribution < 1.29 is 27.5 Å². The molecule has 0 atom stereocenters. The molecule has 1 aromatic carbocycles. The van der Waals surface area contributed by atoms with E-state index in [1.165, 1.54) is 12.1 Å². The van der Waals surface area contributed by atoms with Crippen LogP contribution in [0.25, 0.3) is 0 Å². The number of aromatic amines is 1. The zero-order chi connectivity index (χ0) is 18.8. The summed E-state index contributed by atoms with van der Waals surface area (Å²) in [6.45, 7) is 5.03. The summed E-state index contributed by atoms with van der Waals surface area (Å²) in [5, 5.41) is 2.40. The van der Waals surface area contributed by atoms with Crippen LogP contribution in [0.15, 0.2) is 24.3 Å². The van der Waals surface area contributed by atoms with E-state index in [4.69, 9.17) is 4.74 Å². The van der Waals surface area contributed by atoms with Crippen LogP contribution in [0.3, 0.4) is 0 Å². The van der Waals surface area contributed by atoms with Gasteiger partial charge in [-0.15, -0.1) is 0 Å². The van der Waals surface area contributed by atoms with Gasteiger partial charge in [0.25, 0.3) is 5.91 Å². The Bertz CT molecular complexity index is 810. The standard InChI is InChI=1S/C17H17F3N2O3/c1-4-25-16(24)13-9(2)14(21-10(13)3)15(23)22-12-7-5-6-11(8-12)17(18,19)20/h5-8,21H,4H2,1-3H3,(H,22,23). The van der Waals surface area contributed by atoms with Gasteiger partial charge in [0, 0.05) is 11.4 Å². The van der Waals surface area contributed by atoms with Gasteiger partial charge in [-0.3, -0.25) is 4.79 Å². The van der Waals surface area contributed by atoms with Crippen molar-refractivity contribution in [3.63, 3.8) is 0 Å². The van der Waals surface area contributed by atoms with Gasteiger partial charge in [-0.05, 0) is 44.5 Å². The Kier molecular flexibility index (Phi) is 5.20. The minimum atomic E-state index is -4.50. The zero-order valence-corrected chi connectivity index (χ0v) is 13.9. The quantitative estimate of drug-likeness (QED) is 0.813. The van der Waals surface area contributed by atoms with Gasteiger partial charge in [0.1, 0.15) is 5.69 Å². The van der Waals surface area contributed by atoms with E-state index >= 15 is 0 Å². The number of rotatable bonds is 4. The number of alkyl halides is 3. The number of ether oxygens (including phenoxy) is 1. The molecule has 2 aromatic rings. The summed E-state index contributed by atoms with van der Waals surface area (Å²) in [4.78, 5) is 27.1. The number of amides is 1. The number of carbonyl (C=O) groups excluding carboxylic acids is 2. The van der Waals surface area contributed by atoms with Crippen molar-refractivity contribution in [1.82, 2.24) is 4.98 Å². The van der Waals surface area contributed by atoms with Crippen molar-refractivity contribution in [2.24, 2.45) is 0 Å². The maximum atomic E-state index is 12.7. The first kappa shape index (κ1) is 18.6. The molecule has 2 rings (SSSR count). The van der Waals surface area contributed by atoms with Crippen molar-refractivity contribution in [2.75, 3.05) is 11.9 Å². The molecule has 0 aliphatic heterocycles. The van der Waals surface area contributed by atoms with Crippen molar-refractivity contribution in [1.29, 1.82) is 0 Å². The second kappa shape index (κ2) is 7.00. The monoisotopic (exact) mass is 354 g/mol. The normalized spacial score (nSPS) is 11.3. The van der Waals surface area contributed by atoms with Crippen LogP contribution in [-0.4, -0.2) is 23.5 Å². The van der Waals surface area contributed by atoms with Crippen LogP contribution in [0, 0.1) is 13.8 Å². The van der Waals surface area contributed by atoms with Gasteiger partial charge in [0.15, 0.2) is 0 Å². The van der Waals surface area contributed by atoms with E-state index in [1.807, 2.05) is 0 Å². The SMILES string of the molecule is CCOC(=O)c1c(C)[nH]c(C(=O)Nc2cccc(C(F)(F)F)c2)c1C. The molecule has 8 heteroatoms. The molecule has 0 aliphatic rings. The first-order valence-corrected chi connectivity index (χ1v) is 7.50. The highest BCUT2D eigenvalue weighted by Gasteiger charge is 2.30. The van der Waals surface area contributed by atoms with Crippen LogP contribution < -0.4 is 5.32 Å². The number of anilines is 1. The lowest BCUT2D eigenvalue weighted by atomic mass is 10.1. The molecule has 0 bridgehead atoms. The first-order valence-electron chi connectivity index (χ1n) is 7.50. The summed E-state index contributed by atoms with van der Waals surface area (Å²) >= 11 is 0. The predicted octanol–water partition coefficient (Wildman–Crippen LogP) is 4.08. The molecular formula is C17H17F3N2O3. The smallest absolute Gasteiger partial charge is 0.416 e. The molecule has 0 saturated carbocycles. The number of benzene rings is 1. The summed E-state index contributed by atoms with van der Waals surface area (Å²) < 4.78 is 43.2. The number of esters is 1. The number of aromatic nitrogens is 1. The molecule has 0 aliphatic carbocycles. The minimum Gasteiger partial charge on any atom is -0.462 e. The average Bonchev–Trinajstić information content (AvgIpc) is 2.82. The van der Waals surface area contributed by atoms with Gasteiger partial charge in [-0.25, -0.2) is 4.79 Å². The van der Waals surface area contributed by atoms with Crippen molar-refractivity contribution in [3.8, 4) is 0 Å². The Morgan fingerprint density at radius 3 is 2.52 bits per heavy atom. The summed E-state index contributed by atoms with van der Waals surface area (Å²) in [6, 6.07) is 4.31. The lowest BCUT2D eigenvalue weighted by molar-refractivity contribution is -0.137. The lowest BCUT2D eigenvalue weighted by Gasteiger charge is -2.10. The van der Waals surface area contributed by atoms with E-state index in [0.29, 0.717) is 11.3 Å². The van der Waals surface area contributed by atoms with Crippen molar-refractivity contribution >= 4 is 17.6 Å². The molecule has 134 valence electrons. The van der Waals surface area contributed by atoms with E-state index in [2.05, 4.69) is 10.3 Å². The second-order valence-corrected chi connectivity index (χ2v) is 5.38. The van der Waals surface area contributed by atoms with E-state index in [-0.39, 0.29) is 23.6 Å². The Morgan fingerprint density at radius 2 is 1.92 bits per heavy atom. The Morgan fingerprint density at radius 1 is 1.24 bits per heavy atom. The van der Waals surface area contributed by atoms with Crippen LogP contribution in [-0.2, 0) is 10.9 Å². The molecule has 1 heterocycles. The highest BCUT2D eigenvalue weighted by molar-refractivity contribution is 6.06. The molecule has 0 unspecified atom stereocenters. The first-order chi connectivity index (χ1) is 11.6. The molecule has 2 N–H and O–H groups in total. The molecule has 0 radical (unpaired) electrons. The fourth-order valence-corrected chi connectivity index (χ4v) is 2.45. The van der Waals surface area contributed by atoms with E-state index in [0.717, 1.165) is 12.1 Å². The maximum absolute atomic E-state index is 12.7. The number of aryl methyl sites for hydroxylation is 1. The summed E-state index contributed by atoms with van der Waals surface area (Å²) in [5.74, 6) is -1.21. The highest BCUT2D eigenvalue weighted by atomic mass is 19.4. The second-order valence-electron chi connectivity index (χ2n) is 5.38. The fraction of sp³-hybridized carbons (Fsp3) is 0.294. The van der Waals surface area contributed by atoms with Crippen molar-refractivity contribution in [3.05, 3.63) is 52.3 Å². The molecule has 0 spiro atoms. The third-order valence-corrected chi connectivity index (χ3v) is 3.59. The molecule has 0 saturated heterocycles. The Hall–Kier alpha value is -2.77. The van der Waals surface area contributed by atoms with E-state index in [1.54, 1.807) is 20.8 Å². The Balaban J connectivity index is 2.28. The largest absolute Gasteiger partial charge is 0.462 e. The summed E-state index contributed by atoms with van der Waals surface area (Å²) in [6.07, 6.45) is -4.50. The summed E-state index contributed by atoms with van der Waals surface area (Å²) in [7, 11) is 0. The van der Waals surface area contributed by atoms with Crippen LogP contribution >= 0.6 is 0 Å². The molecule has 1 aromatic heterocycles. The number of halogens is 3. The molecule has 0 fully saturated rings. The van der Waals surface area contributed by atoms with Gasteiger partial charge >= 0.3 is 12.1 Å². The third kappa shape index (κ3) is 4.01. The third-order valence-electron chi connectivity index (χ3n) is 3.59. The van der Waals surface area contributed by atoms with E-state index in [9.17, 15) is 22.8 Å². The number of carbonyl (C=O) groups is 2.